The number of nitrogens with zero attached hydrogens (tertiary/aromatic N) is 1. The van der Waals surface area contributed by atoms with Gasteiger partial charge < -0.3 is 10.2 Å². The average Bonchev–Trinajstić information content (AvgIpc) is 2.17. The molecule has 15 heavy (non-hydrogen) atoms. The zero-order valence-electron chi connectivity index (χ0n) is 9.63. The van der Waals surface area contributed by atoms with E-state index in [2.05, 4.69) is 59.2 Å². The molecule has 0 saturated heterocycles. The van der Waals surface area contributed by atoms with E-state index in [1.165, 1.54) is 5.69 Å². The molecule has 1 rings (SSSR count). The van der Waals surface area contributed by atoms with Gasteiger partial charge in [0.05, 0.1) is 0 Å². The maximum Gasteiger partial charge on any atom is 0.0351 e. The zero-order valence-corrected chi connectivity index (χ0v) is 11.2. The minimum atomic E-state index is 0.606. The number of rotatable bonds is 5. The summed E-state index contributed by atoms with van der Waals surface area (Å²) in [4.78, 5) is 2.32. The molecule has 0 saturated carbocycles. The van der Waals surface area contributed by atoms with Crippen molar-refractivity contribution in [2.75, 3.05) is 25.5 Å². The molecule has 0 amide bonds. The van der Waals surface area contributed by atoms with Crippen molar-refractivity contribution in [3.05, 3.63) is 28.7 Å². The molecular weight excluding hydrogens is 252 g/mol. The van der Waals surface area contributed by atoms with Gasteiger partial charge in [-0.2, -0.15) is 0 Å². The number of nitrogens with one attached hydrogen (secondary N) is 1. The quantitative estimate of drug-likeness (QED) is 0.884. The molecule has 2 nitrogen and oxygen atoms in total. The van der Waals surface area contributed by atoms with Crippen molar-refractivity contribution in [2.45, 2.75) is 19.9 Å². The van der Waals surface area contributed by atoms with Gasteiger partial charge in [-0.3, -0.25) is 0 Å². The fourth-order valence-corrected chi connectivity index (χ4v) is 1.63. The van der Waals surface area contributed by atoms with E-state index in [1.54, 1.807) is 0 Å². The van der Waals surface area contributed by atoms with Crippen LogP contribution in [0.2, 0.25) is 0 Å². The number of anilines is 1. The molecule has 1 aromatic carbocycles. The van der Waals surface area contributed by atoms with E-state index < -0.39 is 0 Å². The third-order valence-electron chi connectivity index (χ3n) is 2.50. The van der Waals surface area contributed by atoms with Gasteiger partial charge in [-0.25, -0.2) is 0 Å². The monoisotopic (exact) mass is 270 g/mol. The molecule has 0 unspecified atom stereocenters. The Bertz CT molecular complexity index is 299. The van der Waals surface area contributed by atoms with E-state index >= 15 is 0 Å². The third kappa shape index (κ3) is 4.67. The molecule has 0 aliphatic heterocycles. The largest absolute Gasteiger partial charge is 0.384 e. The molecule has 3 heteroatoms. The summed E-state index contributed by atoms with van der Waals surface area (Å²) in [6, 6.07) is 8.86. The Labute approximate surface area is 101 Å². The summed E-state index contributed by atoms with van der Waals surface area (Å²) in [7, 11) is 2.15. The van der Waals surface area contributed by atoms with Gasteiger partial charge in [0, 0.05) is 29.3 Å². The van der Waals surface area contributed by atoms with Crippen molar-refractivity contribution in [2.24, 2.45) is 0 Å². The summed E-state index contributed by atoms with van der Waals surface area (Å²) in [5, 5.41) is 3.40. The van der Waals surface area contributed by atoms with Crippen LogP contribution in [0.5, 0.6) is 0 Å². The second-order valence-electron chi connectivity index (χ2n) is 4.01. The van der Waals surface area contributed by atoms with Crippen LogP contribution < -0.4 is 5.32 Å². The molecule has 0 aliphatic carbocycles. The molecule has 1 N–H and O–H groups in total. The Morgan fingerprint density at radius 3 is 2.73 bits per heavy atom. The highest BCUT2D eigenvalue weighted by atomic mass is 79.9. The molecule has 0 bridgehead atoms. The SMILES string of the molecule is CC(C)N(C)CCNc1cccc(Br)c1. The Morgan fingerprint density at radius 2 is 2.13 bits per heavy atom. The molecule has 0 radical (unpaired) electrons. The van der Waals surface area contributed by atoms with Gasteiger partial charge in [-0.15, -0.1) is 0 Å². The van der Waals surface area contributed by atoms with E-state index in [9.17, 15) is 0 Å². The summed E-state index contributed by atoms with van der Waals surface area (Å²) < 4.78 is 1.12. The molecule has 0 atom stereocenters. The second kappa shape index (κ2) is 6.13. The lowest BCUT2D eigenvalue weighted by Crippen LogP contribution is -2.31. The summed E-state index contributed by atoms with van der Waals surface area (Å²) in [5.74, 6) is 0. The van der Waals surface area contributed by atoms with Crippen LogP contribution in [0.25, 0.3) is 0 Å². The highest BCUT2D eigenvalue weighted by Gasteiger charge is 2.01. The van der Waals surface area contributed by atoms with Crippen molar-refractivity contribution in [1.82, 2.24) is 4.90 Å². The fraction of sp³-hybridized carbons (Fsp3) is 0.500. The normalized spacial score (nSPS) is 11.1. The summed E-state index contributed by atoms with van der Waals surface area (Å²) >= 11 is 3.46. The van der Waals surface area contributed by atoms with Gasteiger partial charge in [0.1, 0.15) is 0 Å². The predicted molar refractivity (Wildman–Crippen MR) is 70.4 cm³/mol. The van der Waals surface area contributed by atoms with E-state index in [1.807, 2.05) is 12.1 Å². The molecule has 0 aromatic heterocycles. The Morgan fingerprint density at radius 1 is 1.40 bits per heavy atom. The first-order chi connectivity index (χ1) is 7.09. The number of hydrogen-bond acceptors (Lipinski definition) is 2. The van der Waals surface area contributed by atoms with Crippen LogP contribution in [0.4, 0.5) is 5.69 Å². The van der Waals surface area contributed by atoms with E-state index in [4.69, 9.17) is 0 Å². The molecule has 1 aromatic rings. The van der Waals surface area contributed by atoms with Gasteiger partial charge in [0.2, 0.25) is 0 Å². The first-order valence-electron chi connectivity index (χ1n) is 5.29. The lowest BCUT2D eigenvalue weighted by atomic mass is 10.3. The smallest absolute Gasteiger partial charge is 0.0351 e. The van der Waals surface area contributed by atoms with Crippen molar-refractivity contribution in [3.63, 3.8) is 0 Å². The van der Waals surface area contributed by atoms with Crippen molar-refractivity contribution in [3.8, 4) is 0 Å². The average molecular weight is 271 g/mol. The maximum absolute atomic E-state index is 3.46. The van der Waals surface area contributed by atoms with Gasteiger partial charge in [-0.1, -0.05) is 22.0 Å². The van der Waals surface area contributed by atoms with Gasteiger partial charge in [-0.05, 0) is 39.1 Å². The van der Waals surface area contributed by atoms with E-state index in [-0.39, 0.29) is 0 Å². The highest BCUT2D eigenvalue weighted by molar-refractivity contribution is 9.10. The highest BCUT2D eigenvalue weighted by Crippen LogP contribution is 2.15. The van der Waals surface area contributed by atoms with Crippen LogP contribution in [0.1, 0.15) is 13.8 Å². The Hall–Kier alpha value is -0.540. The summed E-state index contributed by atoms with van der Waals surface area (Å²) in [6.45, 7) is 6.45. The molecule has 84 valence electrons. The van der Waals surface area contributed by atoms with Crippen LogP contribution >= 0.6 is 15.9 Å². The Balaban J connectivity index is 2.32. The van der Waals surface area contributed by atoms with Gasteiger partial charge in [0.15, 0.2) is 0 Å². The van der Waals surface area contributed by atoms with Crippen molar-refractivity contribution >= 4 is 21.6 Å². The maximum atomic E-state index is 3.46. The van der Waals surface area contributed by atoms with Crippen molar-refractivity contribution in [1.29, 1.82) is 0 Å². The lowest BCUT2D eigenvalue weighted by Gasteiger charge is -2.21. The molecule has 0 aliphatic rings. The lowest BCUT2D eigenvalue weighted by molar-refractivity contribution is 0.284. The molecule has 0 fully saturated rings. The van der Waals surface area contributed by atoms with Crippen LogP contribution in [-0.4, -0.2) is 31.1 Å². The minimum absolute atomic E-state index is 0.606. The van der Waals surface area contributed by atoms with Crippen LogP contribution in [0.15, 0.2) is 28.7 Å². The molecule has 0 heterocycles. The van der Waals surface area contributed by atoms with Gasteiger partial charge >= 0.3 is 0 Å². The number of hydrogen-bond donors (Lipinski definition) is 1. The standard InChI is InChI=1S/C12H19BrN2/c1-10(2)15(3)8-7-14-12-6-4-5-11(13)9-12/h4-6,9-10,14H,7-8H2,1-3H3. The van der Waals surface area contributed by atoms with Crippen LogP contribution in [0.3, 0.4) is 0 Å². The number of likely N-dealkylation sites (N-methyl/N-ethyl adjacent to an activating group) is 1. The first-order valence-corrected chi connectivity index (χ1v) is 6.08. The van der Waals surface area contributed by atoms with Crippen molar-refractivity contribution < 1.29 is 0 Å². The van der Waals surface area contributed by atoms with Gasteiger partial charge in [0.25, 0.3) is 0 Å². The zero-order chi connectivity index (χ0) is 11.3. The minimum Gasteiger partial charge on any atom is -0.384 e. The topological polar surface area (TPSA) is 15.3 Å². The number of benzene rings is 1. The molecular formula is C12H19BrN2. The third-order valence-corrected chi connectivity index (χ3v) is 2.99. The van der Waals surface area contributed by atoms with E-state index in [0.717, 1.165) is 17.6 Å². The summed E-state index contributed by atoms with van der Waals surface area (Å²) in [6.07, 6.45) is 0. The fourth-order valence-electron chi connectivity index (χ4n) is 1.23. The van der Waals surface area contributed by atoms with E-state index in [0.29, 0.717) is 6.04 Å². The number of halogens is 1. The van der Waals surface area contributed by atoms with Crippen LogP contribution in [-0.2, 0) is 0 Å². The second-order valence-corrected chi connectivity index (χ2v) is 4.93. The van der Waals surface area contributed by atoms with Crippen LogP contribution in [0, 0.1) is 0 Å². The summed E-state index contributed by atoms with van der Waals surface area (Å²) in [5.41, 5.74) is 1.17. The predicted octanol–water partition coefficient (Wildman–Crippen LogP) is 3.20. The first kappa shape index (κ1) is 12.5. The molecule has 0 spiro atoms. The Kier molecular flexibility index (Phi) is 5.12.